The van der Waals surface area contributed by atoms with Crippen molar-refractivity contribution >= 4 is 5.97 Å². The quantitative estimate of drug-likeness (QED) is 0.331. The van der Waals surface area contributed by atoms with Crippen LogP contribution >= 0.6 is 0 Å². The van der Waals surface area contributed by atoms with E-state index in [1.807, 2.05) is 0 Å². The number of benzene rings is 1. The lowest BCUT2D eigenvalue weighted by Gasteiger charge is -2.12. The molecule has 0 N–H and O–H groups in total. The van der Waals surface area contributed by atoms with Gasteiger partial charge in [-0.05, 0) is 19.1 Å². The van der Waals surface area contributed by atoms with E-state index in [1.165, 1.54) is 19.1 Å². The first kappa shape index (κ1) is 14.6. The van der Waals surface area contributed by atoms with Crippen LogP contribution in [0.3, 0.4) is 0 Å². The van der Waals surface area contributed by atoms with Crippen LogP contribution in [0.1, 0.15) is 6.92 Å². The molecule has 0 saturated heterocycles. The fourth-order valence-corrected chi connectivity index (χ4v) is 1.53. The number of nitro groups is 2. The van der Waals surface area contributed by atoms with Crippen molar-refractivity contribution in [3.8, 4) is 5.75 Å². The number of hydrogen-bond acceptors (Lipinski definition) is 6. The van der Waals surface area contributed by atoms with E-state index in [0.29, 0.717) is 0 Å². The highest BCUT2D eigenvalue weighted by Gasteiger charge is 2.40. The molecule has 0 aliphatic rings. The molecular weight excluding hydrogens is 256 g/mol. The van der Waals surface area contributed by atoms with Crippen LogP contribution in [0.15, 0.2) is 30.3 Å². The summed E-state index contributed by atoms with van der Waals surface area (Å²) in [5, 5.41) is 21.2. The Morgan fingerprint density at radius 1 is 1.26 bits per heavy atom. The van der Waals surface area contributed by atoms with E-state index in [4.69, 9.17) is 4.74 Å². The Balaban J connectivity index is 2.79. The Bertz CT molecular complexity index is 475. The smallest absolute Gasteiger partial charge is 0.387 e. The lowest BCUT2D eigenvalue weighted by atomic mass is 10.0. The summed E-state index contributed by atoms with van der Waals surface area (Å²) in [7, 11) is 0. The third-order valence-corrected chi connectivity index (χ3v) is 2.41. The third-order valence-electron chi connectivity index (χ3n) is 2.41. The Morgan fingerprint density at radius 2 is 1.84 bits per heavy atom. The second kappa shape index (κ2) is 6.43. The fourth-order valence-electron chi connectivity index (χ4n) is 1.53. The van der Waals surface area contributed by atoms with Gasteiger partial charge in [-0.2, -0.15) is 0 Å². The molecule has 2 atom stereocenters. The number of carbonyl (C=O) groups is 1. The minimum Gasteiger partial charge on any atom is -0.421 e. The normalized spacial score (nSPS) is 13.3. The lowest BCUT2D eigenvalue weighted by Crippen LogP contribution is -2.41. The molecule has 0 saturated carbocycles. The summed E-state index contributed by atoms with van der Waals surface area (Å²) in [6.45, 7) is 0.595. The van der Waals surface area contributed by atoms with Gasteiger partial charge in [0.05, 0.1) is 5.92 Å². The molecule has 1 rings (SSSR count). The molecular formula is C11H12N2O6. The van der Waals surface area contributed by atoms with E-state index in [-0.39, 0.29) is 5.75 Å². The molecule has 19 heavy (non-hydrogen) atoms. The lowest BCUT2D eigenvalue weighted by molar-refractivity contribution is -0.543. The van der Waals surface area contributed by atoms with Gasteiger partial charge in [-0.3, -0.25) is 20.2 Å². The number of esters is 1. The van der Waals surface area contributed by atoms with Gasteiger partial charge in [0.2, 0.25) is 6.54 Å². The van der Waals surface area contributed by atoms with E-state index in [2.05, 4.69) is 0 Å². The zero-order valence-electron chi connectivity index (χ0n) is 10.1. The van der Waals surface area contributed by atoms with Gasteiger partial charge in [0.25, 0.3) is 0 Å². The standard InChI is InChI=1S/C11H12N2O6/c1-8(7-12(15)16)10(13(17)18)11(14)19-9-5-3-2-4-6-9/h2-6,8,10H,7H2,1H3. The summed E-state index contributed by atoms with van der Waals surface area (Å²) in [6, 6.07) is 6.07. The van der Waals surface area contributed by atoms with Crippen LogP contribution in [0.4, 0.5) is 0 Å². The molecule has 0 aromatic heterocycles. The first-order valence-electron chi connectivity index (χ1n) is 5.44. The zero-order valence-corrected chi connectivity index (χ0v) is 10.1. The van der Waals surface area contributed by atoms with Crippen LogP contribution in [0.2, 0.25) is 0 Å². The van der Waals surface area contributed by atoms with Crippen molar-refractivity contribution in [2.45, 2.75) is 13.0 Å². The van der Waals surface area contributed by atoms with E-state index in [0.717, 1.165) is 0 Å². The number of nitrogens with zero attached hydrogens (tertiary/aromatic N) is 2. The molecule has 1 aromatic rings. The highest BCUT2D eigenvalue weighted by atomic mass is 16.6. The van der Waals surface area contributed by atoms with Crippen molar-refractivity contribution in [1.29, 1.82) is 0 Å². The summed E-state index contributed by atoms with van der Waals surface area (Å²) in [4.78, 5) is 31.3. The molecule has 0 fully saturated rings. The van der Waals surface area contributed by atoms with E-state index < -0.39 is 34.3 Å². The van der Waals surface area contributed by atoms with Gasteiger partial charge < -0.3 is 4.74 Å². The Hall–Kier alpha value is -2.51. The molecule has 0 aliphatic carbocycles. The average Bonchev–Trinajstić information content (AvgIpc) is 2.28. The Labute approximate surface area is 108 Å². The first-order valence-corrected chi connectivity index (χ1v) is 5.44. The highest BCUT2D eigenvalue weighted by Crippen LogP contribution is 2.14. The van der Waals surface area contributed by atoms with Gasteiger partial charge in [-0.25, -0.2) is 4.79 Å². The number of para-hydroxylation sites is 1. The molecule has 8 nitrogen and oxygen atoms in total. The number of ether oxygens (including phenoxy) is 1. The highest BCUT2D eigenvalue weighted by molar-refractivity contribution is 5.77. The first-order chi connectivity index (χ1) is 8.91. The van der Waals surface area contributed by atoms with Crippen molar-refractivity contribution in [3.05, 3.63) is 50.6 Å². The minimum absolute atomic E-state index is 0.160. The van der Waals surface area contributed by atoms with Crippen LogP contribution in [-0.2, 0) is 4.79 Å². The molecule has 0 aliphatic heterocycles. The number of rotatable bonds is 6. The minimum atomic E-state index is -1.76. The second-order valence-electron chi connectivity index (χ2n) is 3.96. The number of hydrogen-bond donors (Lipinski definition) is 0. The predicted molar refractivity (Wildman–Crippen MR) is 63.9 cm³/mol. The van der Waals surface area contributed by atoms with E-state index in [1.54, 1.807) is 18.2 Å². The maximum absolute atomic E-state index is 11.7. The van der Waals surface area contributed by atoms with Gasteiger partial charge in [0, 0.05) is 9.85 Å². The Morgan fingerprint density at radius 3 is 2.32 bits per heavy atom. The SMILES string of the molecule is CC(C[N+](=O)[O-])C(C(=O)Oc1ccccc1)[N+](=O)[O-]. The van der Waals surface area contributed by atoms with Gasteiger partial charge in [-0.15, -0.1) is 0 Å². The summed E-state index contributed by atoms with van der Waals surface area (Å²) < 4.78 is 4.84. The molecule has 0 amide bonds. The summed E-state index contributed by atoms with van der Waals surface area (Å²) >= 11 is 0. The van der Waals surface area contributed by atoms with Gasteiger partial charge in [-0.1, -0.05) is 18.2 Å². The molecule has 0 radical (unpaired) electrons. The van der Waals surface area contributed by atoms with Crippen molar-refractivity contribution in [3.63, 3.8) is 0 Å². The maximum Gasteiger partial charge on any atom is 0.387 e. The number of carbonyl (C=O) groups excluding carboxylic acids is 1. The molecule has 1 aromatic carbocycles. The third kappa shape index (κ3) is 4.34. The van der Waals surface area contributed by atoms with E-state index >= 15 is 0 Å². The van der Waals surface area contributed by atoms with E-state index in [9.17, 15) is 25.0 Å². The molecule has 102 valence electrons. The second-order valence-corrected chi connectivity index (χ2v) is 3.96. The van der Waals surface area contributed by atoms with Crippen molar-refractivity contribution < 1.29 is 19.4 Å². The fraction of sp³-hybridized carbons (Fsp3) is 0.364. The zero-order chi connectivity index (χ0) is 14.4. The largest absolute Gasteiger partial charge is 0.421 e. The molecule has 0 bridgehead atoms. The van der Waals surface area contributed by atoms with Crippen LogP contribution in [-0.4, -0.2) is 28.4 Å². The van der Waals surface area contributed by atoms with Crippen LogP contribution in [0.25, 0.3) is 0 Å². The van der Waals surface area contributed by atoms with Gasteiger partial charge in [0.15, 0.2) is 0 Å². The van der Waals surface area contributed by atoms with Crippen molar-refractivity contribution in [2.75, 3.05) is 6.54 Å². The maximum atomic E-state index is 11.7. The van der Waals surface area contributed by atoms with Crippen LogP contribution < -0.4 is 4.74 Å². The summed E-state index contributed by atoms with van der Waals surface area (Å²) in [6.07, 6.45) is 0. The predicted octanol–water partition coefficient (Wildman–Crippen LogP) is 1.15. The Kier molecular flexibility index (Phi) is 4.92. The van der Waals surface area contributed by atoms with Crippen LogP contribution in [0.5, 0.6) is 5.75 Å². The van der Waals surface area contributed by atoms with Gasteiger partial charge >= 0.3 is 12.0 Å². The van der Waals surface area contributed by atoms with Gasteiger partial charge in [0.1, 0.15) is 5.75 Å². The van der Waals surface area contributed by atoms with Crippen molar-refractivity contribution in [1.82, 2.24) is 0 Å². The molecule has 0 spiro atoms. The molecule has 0 heterocycles. The van der Waals surface area contributed by atoms with Crippen molar-refractivity contribution in [2.24, 2.45) is 5.92 Å². The summed E-state index contributed by atoms with van der Waals surface area (Å²) in [5.74, 6) is -2.00. The topological polar surface area (TPSA) is 113 Å². The molecule has 2 unspecified atom stereocenters. The average molecular weight is 268 g/mol. The summed E-state index contributed by atoms with van der Waals surface area (Å²) in [5.41, 5.74) is 0. The molecule has 8 heteroatoms. The monoisotopic (exact) mass is 268 g/mol. The van der Waals surface area contributed by atoms with Crippen LogP contribution in [0, 0.1) is 26.1 Å².